The topological polar surface area (TPSA) is 109 Å². The lowest BCUT2D eigenvalue weighted by atomic mass is 9.89. The maximum Gasteiger partial charge on any atom is 0.417 e. The number of esters is 1. The molecule has 1 saturated carbocycles. The van der Waals surface area contributed by atoms with E-state index in [9.17, 15) is 26.7 Å². The molecular formula is C30H34F5N7O3. The Kier molecular flexibility index (Phi) is 6.65. The summed E-state index contributed by atoms with van der Waals surface area (Å²) in [4.78, 5) is 26.4. The lowest BCUT2D eigenvalue weighted by Gasteiger charge is -2.41. The molecule has 242 valence electrons. The number of hydrogen-bond donors (Lipinski definition) is 2. The van der Waals surface area contributed by atoms with Crippen molar-refractivity contribution in [2.24, 2.45) is 5.41 Å². The molecule has 0 spiro atoms. The molecule has 0 radical (unpaired) electrons. The number of halogens is 5. The number of nitrogens with one attached hydrogen (secondary N) is 2. The number of H-pyrrole nitrogens is 1. The first-order valence-corrected chi connectivity index (χ1v) is 14.9. The summed E-state index contributed by atoms with van der Waals surface area (Å²) < 4.78 is 84.1. The molecule has 7 rings (SSSR count). The SMILES string of the molecule is Cc1cc2[nH]ncc2c(C2Cc3nc(OC[C@]4(CN(C)C)CC4(F)F)nc(N4C[C@H]5CC[C@@](C)(C4)N5)c3C(=O)O2)c1C(F)(F)F. The van der Waals surface area contributed by atoms with E-state index in [0.717, 1.165) is 12.8 Å². The van der Waals surface area contributed by atoms with Crippen molar-refractivity contribution < 1.29 is 36.2 Å². The van der Waals surface area contributed by atoms with Crippen molar-refractivity contribution in [2.45, 2.75) is 69.3 Å². The zero-order valence-corrected chi connectivity index (χ0v) is 25.3. The second-order valence-corrected chi connectivity index (χ2v) is 13.6. The molecule has 3 aliphatic heterocycles. The first-order chi connectivity index (χ1) is 21.1. The van der Waals surface area contributed by atoms with E-state index in [4.69, 9.17) is 9.47 Å². The summed E-state index contributed by atoms with van der Waals surface area (Å²) in [5, 5.41) is 10.4. The minimum absolute atomic E-state index is 0.0490. The molecule has 2 aromatic heterocycles. The zero-order chi connectivity index (χ0) is 32.1. The lowest BCUT2D eigenvalue weighted by molar-refractivity contribution is -0.139. The van der Waals surface area contributed by atoms with Gasteiger partial charge in [-0.2, -0.15) is 28.2 Å². The van der Waals surface area contributed by atoms with E-state index in [1.54, 1.807) is 19.0 Å². The van der Waals surface area contributed by atoms with Crippen molar-refractivity contribution in [3.05, 3.63) is 40.2 Å². The number of fused-ring (bicyclic) bond motifs is 4. The molecule has 3 aromatic rings. The fourth-order valence-corrected chi connectivity index (χ4v) is 7.52. The third-order valence-electron chi connectivity index (χ3n) is 9.55. The number of rotatable bonds is 7. The largest absolute Gasteiger partial charge is 0.463 e. The lowest BCUT2D eigenvalue weighted by Crippen LogP contribution is -2.58. The highest BCUT2D eigenvalue weighted by Crippen LogP contribution is 2.60. The predicted molar refractivity (Wildman–Crippen MR) is 153 cm³/mol. The Morgan fingerprint density at radius 3 is 2.67 bits per heavy atom. The quantitative estimate of drug-likeness (QED) is 0.288. The van der Waals surface area contributed by atoms with Gasteiger partial charge >= 0.3 is 18.2 Å². The molecule has 4 atom stereocenters. The first kappa shape index (κ1) is 30.1. The van der Waals surface area contributed by atoms with Crippen molar-refractivity contribution in [3.63, 3.8) is 0 Å². The van der Waals surface area contributed by atoms with Crippen LogP contribution >= 0.6 is 0 Å². The fraction of sp³-hybridized carbons (Fsp3) is 0.600. The van der Waals surface area contributed by atoms with Crippen LogP contribution in [-0.2, 0) is 17.3 Å². The van der Waals surface area contributed by atoms with Crippen LogP contribution in [0, 0.1) is 12.3 Å². The van der Waals surface area contributed by atoms with Crippen LogP contribution in [-0.4, -0.2) is 88.9 Å². The number of cyclic esters (lactones) is 1. The molecule has 3 fully saturated rings. The van der Waals surface area contributed by atoms with Gasteiger partial charge in [0.15, 0.2) is 5.82 Å². The summed E-state index contributed by atoms with van der Waals surface area (Å²) >= 11 is 0. The summed E-state index contributed by atoms with van der Waals surface area (Å²) in [6.45, 7) is 4.15. The van der Waals surface area contributed by atoms with Crippen molar-refractivity contribution in [3.8, 4) is 6.01 Å². The van der Waals surface area contributed by atoms with Crippen LogP contribution in [0.25, 0.3) is 10.9 Å². The van der Waals surface area contributed by atoms with Crippen LogP contribution in [0.15, 0.2) is 12.3 Å². The molecule has 0 amide bonds. The van der Waals surface area contributed by atoms with Gasteiger partial charge in [0, 0.05) is 55.0 Å². The molecule has 1 unspecified atom stereocenters. The number of benzene rings is 1. The molecule has 2 saturated heterocycles. The summed E-state index contributed by atoms with van der Waals surface area (Å²) in [7, 11) is 3.40. The molecule has 1 aliphatic carbocycles. The third kappa shape index (κ3) is 5.07. The number of aryl methyl sites for hydroxylation is 1. The number of anilines is 1. The van der Waals surface area contributed by atoms with Crippen molar-refractivity contribution in [1.82, 2.24) is 30.4 Å². The molecule has 4 aliphatic rings. The van der Waals surface area contributed by atoms with E-state index in [1.165, 1.54) is 19.2 Å². The van der Waals surface area contributed by atoms with Gasteiger partial charge in [-0.15, -0.1) is 0 Å². The molecule has 45 heavy (non-hydrogen) atoms. The number of alkyl halides is 5. The number of carbonyl (C=O) groups excluding carboxylic acids is 1. The Morgan fingerprint density at radius 2 is 2.00 bits per heavy atom. The minimum atomic E-state index is -4.74. The third-order valence-corrected chi connectivity index (χ3v) is 9.55. The van der Waals surface area contributed by atoms with E-state index >= 15 is 0 Å². The molecule has 10 nitrogen and oxygen atoms in total. The van der Waals surface area contributed by atoms with Gasteiger partial charge in [-0.3, -0.25) is 5.10 Å². The summed E-state index contributed by atoms with van der Waals surface area (Å²) in [5.41, 5.74) is -2.29. The van der Waals surface area contributed by atoms with E-state index in [1.807, 2.05) is 4.90 Å². The Hall–Kier alpha value is -3.59. The van der Waals surface area contributed by atoms with Gasteiger partial charge in [-0.1, -0.05) is 0 Å². The van der Waals surface area contributed by atoms with Crippen LogP contribution in [0.1, 0.15) is 65.0 Å². The highest BCUT2D eigenvalue weighted by molar-refractivity contribution is 5.98. The fourth-order valence-electron chi connectivity index (χ4n) is 7.52. The summed E-state index contributed by atoms with van der Waals surface area (Å²) in [5.74, 6) is -3.55. The zero-order valence-electron chi connectivity index (χ0n) is 25.3. The van der Waals surface area contributed by atoms with Crippen LogP contribution < -0.4 is 15.0 Å². The van der Waals surface area contributed by atoms with Crippen molar-refractivity contribution in [1.29, 1.82) is 0 Å². The standard InChI is InChI=1S/C30H34F5N7O3/c1-15-7-18-17(9-36-40-18)21(23(15)30(33,34)35)20-8-19-22(25(43)45-20)24(42-10-16-5-6-27(2,12-42)39-16)38-26(37-19)44-14-28(13-41(3)4)11-29(28,31)32/h7,9,16,20,39H,5-6,8,10-14H2,1-4H3,(H,36,40)/t16-,20?,27+,28-/m1/s1. The normalized spacial score (nSPS) is 28.8. The second kappa shape index (κ2) is 9.95. The van der Waals surface area contributed by atoms with Crippen molar-refractivity contribution in [2.75, 3.05) is 45.2 Å². The van der Waals surface area contributed by atoms with Gasteiger partial charge in [-0.25, -0.2) is 13.6 Å². The highest BCUT2D eigenvalue weighted by atomic mass is 19.4. The average molecular weight is 636 g/mol. The number of aromatic amines is 1. The number of ether oxygens (including phenoxy) is 2. The smallest absolute Gasteiger partial charge is 0.417 e. The Balaban J connectivity index is 1.31. The minimum Gasteiger partial charge on any atom is -0.463 e. The van der Waals surface area contributed by atoms with Crippen molar-refractivity contribution >= 4 is 22.7 Å². The number of aromatic nitrogens is 4. The number of hydrogen-bond acceptors (Lipinski definition) is 9. The van der Waals surface area contributed by atoms with E-state index < -0.39 is 35.2 Å². The molecule has 5 heterocycles. The average Bonchev–Trinajstić information content (AvgIpc) is 3.20. The number of nitrogens with zero attached hydrogens (tertiary/aromatic N) is 5. The van der Waals surface area contributed by atoms with Crippen LogP contribution in [0.2, 0.25) is 0 Å². The van der Waals surface area contributed by atoms with Gasteiger partial charge in [0.05, 0.1) is 28.4 Å². The van der Waals surface area contributed by atoms with Gasteiger partial charge < -0.3 is 24.6 Å². The van der Waals surface area contributed by atoms with Crippen LogP contribution in [0.3, 0.4) is 0 Å². The van der Waals surface area contributed by atoms with Gasteiger partial charge in [0.1, 0.15) is 18.3 Å². The van der Waals surface area contributed by atoms with Crippen LogP contribution in [0.4, 0.5) is 27.8 Å². The molecule has 15 heteroatoms. The van der Waals surface area contributed by atoms with Gasteiger partial charge in [0.25, 0.3) is 5.92 Å². The van der Waals surface area contributed by atoms with Crippen LogP contribution in [0.5, 0.6) is 6.01 Å². The first-order valence-electron chi connectivity index (χ1n) is 14.9. The number of carbonyl (C=O) groups is 1. The molecule has 1 aromatic carbocycles. The maximum atomic E-state index is 14.5. The highest BCUT2D eigenvalue weighted by Gasteiger charge is 2.71. The molecule has 2 bridgehead atoms. The Bertz CT molecular complexity index is 1690. The summed E-state index contributed by atoms with van der Waals surface area (Å²) in [6, 6.07) is 1.29. The molecular weight excluding hydrogens is 601 g/mol. The van der Waals surface area contributed by atoms with E-state index in [2.05, 4.69) is 32.4 Å². The summed E-state index contributed by atoms with van der Waals surface area (Å²) in [6.07, 6.45) is -3.53. The Labute approximate surface area is 255 Å². The number of piperazine rings is 1. The predicted octanol–water partition coefficient (Wildman–Crippen LogP) is 4.43. The van der Waals surface area contributed by atoms with Gasteiger partial charge in [-0.05, 0) is 52.4 Å². The maximum absolute atomic E-state index is 14.5. The molecule has 2 N–H and O–H groups in total. The van der Waals surface area contributed by atoms with E-state index in [0.29, 0.717) is 18.6 Å². The second-order valence-electron chi connectivity index (χ2n) is 13.6. The van der Waals surface area contributed by atoms with E-state index in [-0.39, 0.29) is 77.2 Å². The van der Waals surface area contributed by atoms with Gasteiger partial charge in [0.2, 0.25) is 0 Å². The Morgan fingerprint density at radius 1 is 1.24 bits per heavy atom. The monoisotopic (exact) mass is 635 g/mol.